The van der Waals surface area contributed by atoms with Crippen molar-refractivity contribution in [2.24, 2.45) is 0 Å². The molecule has 1 aliphatic heterocycles. The molecule has 1 fully saturated rings. The number of rotatable bonds is 1. The molecule has 1 aliphatic rings. The minimum atomic E-state index is 1.11. The molecule has 1 saturated heterocycles. The highest BCUT2D eigenvalue weighted by Gasteiger charge is 2.14. The van der Waals surface area contributed by atoms with Crippen molar-refractivity contribution in [3.05, 3.63) is 23.5 Å². The maximum Gasteiger partial charge on any atom is 0.0403 e. The molecule has 0 amide bonds. The average Bonchev–Trinajstić information content (AvgIpc) is 2.17. The van der Waals surface area contributed by atoms with Gasteiger partial charge in [-0.25, -0.2) is 0 Å². The van der Waals surface area contributed by atoms with Crippen molar-refractivity contribution in [1.29, 1.82) is 0 Å². The standard InChI is InChI=1S/C12H19N3/c1-10-8-12(9-11(2)13-10)15-6-4-14(3)5-7-15/h8-9H,4-7H2,1-3H3. The summed E-state index contributed by atoms with van der Waals surface area (Å²) in [6.07, 6.45) is 0. The van der Waals surface area contributed by atoms with Gasteiger partial charge >= 0.3 is 0 Å². The van der Waals surface area contributed by atoms with Gasteiger partial charge in [0.25, 0.3) is 0 Å². The molecule has 3 heteroatoms. The van der Waals surface area contributed by atoms with Crippen LogP contribution in [0.2, 0.25) is 0 Å². The number of anilines is 1. The van der Waals surface area contributed by atoms with Gasteiger partial charge in [-0.3, -0.25) is 4.98 Å². The first-order valence-corrected chi connectivity index (χ1v) is 5.54. The zero-order chi connectivity index (χ0) is 10.8. The fourth-order valence-electron chi connectivity index (χ4n) is 2.06. The molecule has 0 bridgehead atoms. The number of piperazine rings is 1. The van der Waals surface area contributed by atoms with Crippen LogP contribution in [0, 0.1) is 13.8 Å². The van der Waals surface area contributed by atoms with E-state index in [1.807, 2.05) is 0 Å². The number of aryl methyl sites for hydroxylation is 2. The third-order valence-corrected chi connectivity index (χ3v) is 2.93. The Labute approximate surface area is 91.7 Å². The van der Waals surface area contributed by atoms with Crippen LogP contribution in [-0.4, -0.2) is 43.1 Å². The lowest BCUT2D eigenvalue weighted by Gasteiger charge is -2.34. The van der Waals surface area contributed by atoms with Gasteiger partial charge in [-0.2, -0.15) is 0 Å². The summed E-state index contributed by atoms with van der Waals surface area (Å²) in [5.41, 5.74) is 3.56. The minimum absolute atomic E-state index is 1.11. The molecule has 0 atom stereocenters. The third-order valence-electron chi connectivity index (χ3n) is 2.93. The molecule has 82 valence electrons. The highest BCUT2D eigenvalue weighted by atomic mass is 15.2. The van der Waals surface area contributed by atoms with Crippen LogP contribution in [0.5, 0.6) is 0 Å². The lowest BCUT2D eigenvalue weighted by molar-refractivity contribution is 0.313. The molecule has 2 heterocycles. The van der Waals surface area contributed by atoms with Crippen molar-refractivity contribution in [2.45, 2.75) is 13.8 Å². The van der Waals surface area contributed by atoms with Crippen molar-refractivity contribution in [1.82, 2.24) is 9.88 Å². The molecule has 0 radical (unpaired) electrons. The van der Waals surface area contributed by atoms with E-state index in [9.17, 15) is 0 Å². The zero-order valence-electron chi connectivity index (χ0n) is 9.82. The number of aromatic nitrogens is 1. The molecular weight excluding hydrogens is 186 g/mol. The summed E-state index contributed by atoms with van der Waals surface area (Å²) in [6, 6.07) is 4.36. The van der Waals surface area contributed by atoms with Crippen molar-refractivity contribution in [3.8, 4) is 0 Å². The summed E-state index contributed by atoms with van der Waals surface area (Å²) in [5.74, 6) is 0. The largest absolute Gasteiger partial charge is 0.369 e. The van der Waals surface area contributed by atoms with E-state index in [2.05, 4.69) is 47.8 Å². The van der Waals surface area contributed by atoms with E-state index >= 15 is 0 Å². The molecule has 0 spiro atoms. The summed E-state index contributed by atoms with van der Waals surface area (Å²) < 4.78 is 0. The second-order valence-corrected chi connectivity index (χ2v) is 4.40. The van der Waals surface area contributed by atoms with Crippen molar-refractivity contribution in [2.75, 3.05) is 38.1 Å². The second-order valence-electron chi connectivity index (χ2n) is 4.40. The highest BCUT2D eigenvalue weighted by Crippen LogP contribution is 2.17. The van der Waals surface area contributed by atoms with Crippen LogP contribution in [0.3, 0.4) is 0 Å². The Morgan fingerprint density at radius 1 is 1.00 bits per heavy atom. The number of hydrogen-bond donors (Lipinski definition) is 0. The van der Waals surface area contributed by atoms with Gasteiger partial charge in [0, 0.05) is 43.3 Å². The van der Waals surface area contributed by atoms with Crippen LogP contribution in [0.15, 0.2) is 12.1 Å². The number of nitrogens with zero attached hydrogens (tertiary/aromatic N) is 3. The van der Waals surface area contributed by atoms with Gasteiger partial charge < -0.3 is 9.80 Å². The quantitative estimate of drug-likeness (QED) is 0.692. The fourth-order valence-corrected chi connectivity index (χ4v) is 2.06. The molecular formula is C12H19N3. The summed E-state index contributed by atoms with van der Waals surface area (Å²) in [5, 5.41) is 0. The van der Waals surface area contributed by atoms with Crippen LogP contribution in [-0.2, 0) is 0 Å². The van der Waals surface area contributed by atoms with Crippen LogP contribution in [0.25, 0.3) is 0 Å². The molecule has 2 rings (SSSR count). The maximum absolute atomic E-state index is 4.41. The predicted molar refractivity (Wildman–Crippen MR) is 63.4 cm³/mol. The SMILES string of the molecule is Cc1cc(N2CCN(C)CC2)cc(C)n1. The van der Waals surface area contributed by atoms with Gasteiger partial charge in [-0.15, -0.1) is 0 Å². The first kappa shape index (κ1) is 10.4. The van der Waals surface area contributed by atoms with E-state index < -0.39 is 0 Å². The van der Waals surface area contributed by atoms with Gasteiger partial charge in [-0.05, 0) is 33.0 Å². The fraction of sp³-hybridized carbons (Fsp3) is 0.583. The summed E-state index contributed by atoms with van der Waals surface area (Å²) >= 11 is 0. The number of hydrogen-bond acceptors (Lipinski definition) is 3. The van der Waals surface area contributed by atoms with Gasteiger partial charge in [0.1, 0.15) is 0 Å². The molecule has 0 aliphatic carbocycles. The second kappa shape index (κ2) is 4.19. The van der Waals surface area contributed by atoms with Crippen LogP contribution in [0.1, 0.15) is 11.4 Å². The Morgan fingerprint density at radius 3 is 2.07 bits per heavy atom. The van der Waals surface area contributed by atoms with Gasteiger partial charge in [0.2, 0.25) is 0 Å². The lowest BCUT2D eigenvalue weighted by Crippen LogP contribution is -2.44. The first-order valence-electron chi connectivity index (χ1n) is 5.54. The monoisotopic (exact) mass is 205 g/mol. The molecule has 3 nitrogen and oxygen atoms in total. The van der Waals surface area contributed by atoms with Gasteiger partial charge in [0.15, 0.2) is 0 Å². The van der Waals surface area contributed by atoms with Crippen molar-refractivity contribution < 1.29 is 0 Å². The molecule has 0 N–H and O–H groups in total. The Hall–Kier alpha value is -1.09. The van der Waals surface area contributed by atoms with Crippen molar-refractivity contribution in [3.63, 3.8) is 0 Å². The molecule has 0 unspecified atom stereocenters. The van der Waals surface area contributed by atoms with Crippen LogP contribution >= 0.6 is 0 Å². The number of pyridine rings is 1. The molecule has 0 saturated carbocycles. The van der Waals surface area contributed by atoms with E-state index in [-0.39, 0.29) is 0 Å². The van der Waals surface area contributed by atoms with Crippen LogP contribution < -0.4 is 4.90 Å². The molecule has 0 aromatic carbocycles. The minimum Gasteiger partial charge on any atom is -0.369 e. The smallest absolute Gasteiger partial charge is 0.0403 e. The summed E-state index contributed by atoms with van der Waals surface area (Å²) in [6.45, 7) is 8.68. The van der Waals surface area contributed by atoms with E-state index in [4.69, 9.17) is 0 Å². The van der Waals surface area contributed by atoms with E-state index in [1.165, 1.54) is 5.69 Å². The normalized spacial score (nSPS) is 18.2. The third kappa shape index (κ3) is 2.48. The summed E-state index contributed by atoms with van der Waals surface area (Å²) in [4.78, 5) is 9.23. The van der Waals surface area contributed by atoms with Crippen molar-refractivity contribution >= 4 is 5.69 Å². The number of likely N-dealkylation sites (N-methyl/N-ethyl adjacent to an activating group) is 1. The van der Waals surface area contributed by atoms with E-state index in [0.717, 1.165) is 37.6 Å². The Kier molecular flexibility index (Phi) is 2.91. The molecule has 1 aromatic rings. The van der Waals surface area contributed by atoms with Gasteiger partial charge in [0.05, 0.1) is 0 Å². The first-order chi connectivity index (χ1) is 7.15. The van der Waals surface area contributed by atoms with E-state index in [0.29, 0.717) is 0 Å². The Balaban J connectivity index is 2.15. The average molecular weight is 205 g/mol. The zero-order valence-corrected chi connectivity index (χ0v) is 9.82. The predicted octanol–water partition coefficient (Wildman–Crippen LogP) is 1.45. The Morgan fingerprint density at radius 2 is 1.53 bits per heavy atom. The highest BCUT2D eigenvalue weighted by molar-refractivity contribution is 5.48. The maximum atomic E-state index is 4.41. The molecule has 15 heavy (non-hydrogen) atoms. The lowest BCUT2D eigenvalue weighted by atomic mass is 10.2. The molecule has 1 aromatic heterocycles. The van der Waals surface area contributed by atoms with Gasteiger partial charge in [-0.1, -0.05) is 0 Å². The Bertz CT molecular complexity index is 320. The van der Waals surface area contributed by atoms with Crippen LogP contribution in [0.4, 0.5) is 5.69 Å². The van der Waals surface area contributed by atoms with E-state index in [1.54, 1.807) is 0 Å². The summed E-state index contributed by atoms with van der Waals surface area (Å²) in [7, 11) is 2.18. The topological polar surface area (TPSA) is 19.4 Å².